The Morgan fingerprint density at radius 1 is 1.47 bits per heavy atom. The maximum absolute atomic E-state index is 12.3. The van der Waals surface area contributed by atoms with Crippen LogP contribution in [0.5, 0.6) is 0 Å². The molecule has 0 spiro atoms. The molecule has 0 radical (unpaired) electrons. The van der Waals surface area contributed by atoms with Crippen LogP contribution < -0.4 is 0 Å². The molecule has 1 aromatic rings. The van der Waals surface area contributed by atoms with Gasteiger partial charge in [0, 0.05) is 11.0 Å². The fourth-order valence-corrected chi connectivity index (χ4v) is 2.37. The summed E-state index contributed by atoms with van der Waals surface area (Å²) < 4.78 is 5.81. The number of carbonyl (C=O) groups excluding carboxylic acids is 1. The number of hydrogen-bond acceptors (Lipinski definition) is 3. The number of carboxylic acid groups (broad SMARTS) is 1. The number of ether oxygens (including phenoxy) is 1. The van der Waals surface area contributed by atoms with Gasteiger partial charge in [0.05, 0.1) is 23.7 Å². The van der Waals surface area contributed by atoms with Crippen molar-refractivity contribution >= 4 is 39.4 Å². The minimum atomic E-state index is -1.07. The summed E-state index contributed by atoms with van der Waals surface area (Å²) in [5.41, 5.74) is 0.349. The molecule has 1 amide bonds. The Labute approximate surface area is 123 Å². The quantitative estimate of drug-likeness (QED) is 0.888. The molecule has 0 bridgehead atoms. The molecule has 1 N–H and O–H groups in total. The van der Waals surface area contributed by atoms with Crippen LogP contribution in [0.4, 0.5) is 0 Å². The number of nitrogens with zero attached hydrogens (tertiary/aromatic N) is 1. The van der Waals surface area contributed by atoms with Gasteiger partial charge in [0.1, 0.15) is 0 Å². The van der Waals surface area contributed by atoms with Crippen molar-refractivity contribution in [3.63, 3.8) is 0 Å². The van der Waals surface area contributed by atoms with Gasteiger partial charge in [-0.3, -0.25) is 4.79 Å². The molecule has 2 rings (SSSR count). The maximum Gasteiger partial charge on any atom is 0.334 e. The molecular formula is C12H11BrClNO4. The minimum absolute atomic E-state index is 0.0248. The number of benzene rings is 1. The van der Waals surface area contributed by atoms with Crippen LogP contribution >= 0.6 is 27.5 Å². The molecule has 0 aromatic heterocycles. The van der Waals surface area contributed by atoms with E-state index in [1.54, 1.807) is 18.2 Å². The van der Waals surface area contributed by atoms with Crippen LogP contribution in [0.1, 0.15) is 10.4 Å². The number of morpholine rings is 1. The highest BCUT2D eigenvalue weighted by Gasteiger charge is 2.30. The fourth-order valence-electron chi connectivity index (χ4n) is 1.81. The monoisotopic (exact) mass is 347 g/mol. The lowest BCUT2D eigenvalue weighted by Crippen LogP contribution is -2.48. The molecule has 1 aliphatic rings. The molecule has 1 aliphatic heterocycles. The first-order chi connectivity index (χ1) is 8.99. The molecule has 1 unspecified atom stereocenters. The molecule has 1 aromatic carbocycles. The summed E-state index contributed by atoms with van der Waals surface area (Å²) in [4.78, 5) is 24.6. The summed E-state index contributed by atoms with van der Waals surface area (Å²) in [7, 11) is 0. The van der Waals surface area contributed by atoms with E-state index in [4.69, 9.17) is 21.4 Å². The lowest BCUT2D eigenvalue weighted by molar-refractivity contribution is -0.154. The average Bonchev–Trinajstić information content (AvgIpc) is 2.41. The van der Waals surface area contributed by atoms with Crippen LogP contribution in [0.15, 0.2) is 22.7 Å². The van der Waals surface area contributed by atoms with Crippen LogP contribution in [0.25, 0.3) is 0 Å². The summed E-state index contributed by atoms with van der Waals surface area (Å²) in [5.74, 6) is -1.36. The van der Waals surface area contributed by atoms with Crippen molar-refractivity contribution in [2.45, 2.75) is 6.10 Å². The summed E-state index contributed by atoms with van der Waals surface area (Å²) in [6.45, 7) is 0.580. The molecule has 0 aliphatic carbocycles. The third-order valence-electron chi connectivity index (χ3n) is 2.79. The summed E-state index contributed by atoms with van der Waals surface area (Å²) >= 11 is 9.27. The second-order valence-electron chi connectivity index (χ2n) is 4.07. The van der Waals surface area contributed by atoms with Crippen molar-refractivity contribution in [1.82, 2.24) is 4.90 Å². The number of amides is 1. The van der Waals surface area contributed by atoms with Gasteiger partial charge in [-0.1, -0.05) is 27.5 Å². The Kier molecular flexibility index (Phi) is 4.44. The van der Waals surface area contributed by atoms with Gasteiger partial charge >= 0.3 is 5.97 Å². The van der Waals surface area contributed by atoms with E-state index in [9.17, 15) is 9.59 Å². The number of carboxylic acids is 1. The molecule has 0 saturated carbocycles. The standard InChI is InChI=1S/C12H11BrClNO4/c13-7-1-2-9(14)8(5-7)11(16)15-3-4-19-10(6-15)12(17)18/h1-2,5,10H,3-4,6H2,(H,17,18). The van der Waals surface area contributed by atoms with Crippen LogP contribution in [-0.4, -0.2) is 47.7 Å². The van der Waals surface area contributed by atoms with Gasteiger partial charge < -0.3 is 14.7 Å². The first-order valence-electron chi connectivity index (χ1n) is 5.58. The number of carbonyl (C=O) groups is 2. The maximum atomic E-state index is 12.3. The third kappa shape index (κ3) is 3.26. The Hall–Kier alpha value is -1.11. The molecule has 7 heteroatoms. The van der Waals surface area contributed by atoms with Crippen molar-refractivity contribution in [1.29, 1.82) is 0 Å². The smallest absolute Gasteiger partial charge is 0.334 e. The third-order valence-corrected chi connectivity index (χ3v) is 3.61. The van der Waals surface area contributed by atoms with Gasteiger partial charge in [0.15, 0.2) is 6.10 Å². The Bertz CT molecular complexity index is 522. The van der Waals surface area contributed by atoms with E-state index in [0.29, 0.717) is 17.1 Å². The van der Waals surface area contributed by atoms with Gasteiger partial charge in [-0.25, -0.2) is 4.79 Å². The normalized spacial score (nSPS) is 19.3. The van der Waals surface area contributed by atoms with Crippen LogP contribution in [-0.2, 0) is 9.53 Å². The van der Waals surface area contributed by atoms with E-state index in [-0.39, 0.29) is 19.1 Å². The van der Waals surface area contributed by atoms with E-state index in [2.05, 4.69) is 15.9 Å². The summed E-state index contributed by atoms with van der Waals surface area (Å²) in [5, 5.41) is 9.25. The molecule has 5 nitrogen and oxygen atoms in total. The minimum Gasteiger partial charge on any atom is -0.479 e. The van der Waals surface area contributed by atoms with E-state index in [1.807, 2.05) is 0 Å². The van der Waals surface area contributed by atoms with Crippen molar-refractivity contribution < 1.29 is 19.4 Å². The van der Waals surface area contributed by atoms with Crippen molar-refractivity contribution in [2.75, 3.05) is 19.7 Å². The van der Waals surface area contributed by atoms with Crippen molar-refractivity contribution in [3.8, 4) is 0 Å². The van der Waals surface area contributed by atoms with Gasteiger partial charge in [-0.15, -0.1) is 0 Å². The largest absolute Gasteiger partial charge is 0.479 e. The zero-order chi connectivity index (χ0) is 14.0. The molecule has 1 atom stereocenters. The number of hydrogen-bond donors (Lipinski definition) is 1. The van der Waals surface area contributed by atoms with Gasteiger partial charge in [-0.05, 0) is 18.2 Å². The molecule has 1 heterocycles. The van der Waals surface area contributed by atoms with Crippen molar-refractivity contribution in [2.24, 2.45) is 0 Å². The van der Waals surface area contributed by atoms with Gasteiger partial charge in [-0.2, -0.15) is 0 Å². The van der Waals surface area contributed by atoms with Crippen molar-refractivity contribution in [3.05, 3.63) is 33.3 Å². The number of rotatable bonds is 2. The second-order valence-corrected chi connectivity index (χ2v) is 5.40. The number of aliphatic carboxylic acids is 1. The molecule has 19 heavy (non-hydrogen) atoms. The molecule has 1 saturated heterocycles. The topological polar surface area (TPSA) is 66.8 Å². The van der Waals surface area contributed by atoms with Crippen LogP contribution in [0, 0.1) is 0 Å². The van der Waals surface area contributed by atoms with Gasteiger partial charge in [0.2, 0.25) is 0 Å². The molecular weight excluding hydrogens is 337 g/mol. The predicted molar refractivity (Wildman–Crippen MR) is 72.4 cm³/mol. The van der Waals surface area contributed by atoms with Gasteiger partial charge in [0.25, 0.3) is 5.91 Å². The van der Waals surface area contributed by atoms with E-state index < -0.39 is 12.1 Å². The Morgan fingerprint density at radius 2 is 2.21 bits per heavy atom. The van der Waals surface area contributed by atoms with E-state index >= 15 is 0 Å². The first kappa shape index (κ1) is 14.3. The highest BCUT2D eigenvalue weighted by Crippen LogP contribution is 2.23. The Balaban J connectivity index is 2.19. The number of halogens is 2. The second kappa shape index (κ2) is 5.90. The van der Waals surface area contributed by atoms with Crippen LogP contribution in [0.2, 0.25) is 5.02 Å². The zero-order valence-electron chi connectivity index (χ0n) is 9.81. The lowest BCUT2D eigenvalue weighted by Gasteiger charge is -2.31. The van der Waals surface area contributed by atoms with E-state index in [0.717, 1.165) is 4.47 Å². The fraction of sp³-hybridized carbons (Fsp3) is 0.333. The van der Waals surface area contributed by atoms with E-state index in [1.165, 1.54) is 4.90 Å². The molecule has 1 fully saturated rings. The summed E-state index contributed by atoms with van der Waals surface area (Å²) in [6, 6.07) is 4.97. The zero-order valence-corrected chi connectivity index (χ0v) is 12.1. The first-order valence-corrected chi connectivity index (χ1v) is 6.75. The molecule has 102 valence electrons. The predicted octanol–water partition coefficient (Wildman–Crippen LogP) is 2.03. The average molecular weight is 349 g/mol. The summed E-state index contributed by atoms with van der Waals surface area (Å²) in [6.07, 6.45) is -0.983. The highest BCUT2D eigenvalue weighted by atomic mass is 79.9. The van der Waals surface area contributed by atoms with Crippen LogP contribution in [0.3, 0.4) is 0 Å². The highest BCUT2D eigenvalue weighted by molar-refractivity contribution is 9.10. The SMILES string of the molecule is O=C(O)C1CN(C(=O)c2cc(Br)ccc2Cl)CCO1. The Morgan fingerprint density at radius 3 is 2.89 bits per heavy atom. The lowest BCUT2D eigenvalue weighted by atomic mass is 10.1.